The van der Waals surface area contributed by atoms with Gasteiger partial charge in [0.1, 0.15) is 0 Å². The van der Waals surface area contributed by atoms with E-state index < -0.39 is 0 Å². The van der Waals surface area contributed by atoms with E-state index in [9.17, 15) is 0 Å². The van der Waals surface area contributed by atoms with Crippen molar-refractivity contribution in [2.45, 2.75) is 0 Å². The molecule has 0 saturated heterocycles. The first-order valence-electron chi connectivity index (χ1n) is 18.7. The van der Waals surface area contributed by atoms with Gasteiger partial charge in [0.25, 0.3) is 0 Å². The van der Waals surface area contributed by atoms with E-state index in [0.717, 1.165) is 0 Å². The molecule has 10 rings (SSSR count). The first-order valence-corrected chi connectivity index (χ1v) is 18.7. The minimum Gasteiger partial charge on any atom is -0.0622 e. The van der Waals surface area contributed by atoms with Gasteiger partial charge in [0.2, 0.25) is 0 Å². The molecular weight excluding hydrogens is 649 g/mol. The molecule has 0 nitrogen and oxygen atoms in total. The van der Waals surface area contributed by atoms with E-state index in [1.807, 2.05) is 0 Å². The Hall–Kier alpha value is -7.02. The summed E-state index contributed by atoms with van der Waals surface area (Å²) >= 11 is 0. The lowest BCUT2D eigenvalue weighted by Gasteiger charge is -2.19. The van der Waals surface area contributed by atoms with Crippen LogP contribution >= 0.6 is 0 Å². The summed E-state index contributed by atoms with van der Waals surface area (Å²) in [5, 5.41) is 7.52. The molecule has 0 fully saturated rings. The lowest BCUT2D eigenvalue weighted by atomic mass is 9.84. The van der Waals surface area contributed by atoms with E-state index >= 15 is 0 Å². The normalized spacial score (nSPS) is 11.3. The second-order valence-corrected chi connectivity index (χ2v) is 14.1. The monoisotopic (exact) mass is 684 g/mol. The topological polar surface area (TPSA) is 0 Å². The van der Waals surface area contributed by atoms with Crippen molar-refractivity contribution in [3.05, 3.63) is 218 Å². The van der Waals surface area contributed by atoms with Crippen molar-refractivity contribution in [3.63, 3.8) is 0 Å². The Morgan fingerprint density at radius 3 is 1.15 bits per heavy atom. The zero-order chi connectivity index (χ0) is 35.8. The third-order valence-electron chi connectivity index (χ3n) is 10.8. The summed E-state index contributed by atoms with van der Waals surface area (Å²) in [5.41, 5.74) is 14.7. The largest absolute Gasteiger partial charge is 0.0622 e. The molecule has 0 N–H and O–H groups in total. The predicted octanol–water partition coefficient (Wildman–Crippen LogP) is 15.1. The van der Waals surface area contributed by atoms with Gasteiger partial charge in [-0.25, -0.2) is 0 Å². The van der Waals surface area contributed by atoms with Crippen LogP contribution in [0.3, 0.4) is 0 Å². The summed E-state index contributed by atoms with van der Waals surface area (Å²) in [7, 11) is 0. The lowest BCUT2D eigenvalue weighted by molar-refractivity contribution is 1.58. The van der Waals surface area contributed by atoms with Crippen molar-refractivity contribution in [1.29, 1.82) is 0 Å². The summed E-state index contributed by atoms with van der Waals surface area (Å²) < 4.78 is 0. The highest BCUT2D eigenvalue weighted by molar-refractivity contribution is 6.22. The molecule has 54 heavy (non-hydrogen) atoms. The minimum atomic E-state index is 1.20. The third kappa shape index (κ3) is 5.66. The highest BCUT2D eigenvalue weighted by Gasteiger charge is 2.18. The minimum absolute atomic E-state index is 1.20. The molecule has 0 heteroatoms. The molecule has 0 unspecified atom stereocenters. The Kier molecular flexibility index (Phi) is 7.93. The van der Waals surface area contributed by atoms with Crippen LogP contribution in [0.2, 0.25) is 0 Å². The molecule has 0 aliphatic rings. The maximum Gasteiger partial charge on any atom is -0.00261 e. The fraction of sp³-hybridized carbons (Fsp3) is 0. The van der Waals surface area contributed by atoms with Crippen LogP contribution in [0.5, 0.6) is 0 Å². The zero-order valence-corrected chi connectivity index (χ0v) is 29.8. The van der Waals surface area contributed by atoms with Crippen molar-refractivity contribution < 1.29 is 0 Å². The molecule has 0 aliphatic carbocycles. The van der Waals surface area contributed by atoms with Crippen molar-refractivity contribution in [2.75, 3.05) is 0 Å². The number of hydrogen-bond donors (Lipinski definition) is 0. The number of benzene rings is 10. The second kappa shape index (κ2) is 13.5. The van der Waals surface area contributed by atoms with Crippen LogP contribution in [0, 0.1) is 0 Å². The summed E-state index contributed by atoms with van der Waals surface area (Å²) in [5.74, 6) is 0. The van der Waals surface area contributed by atoms with Crippen molar-refractivity contribution in [2.24, 2.45) is 0 Å². The third-order valence-corrected chi connectivity index (χ3v) is 10.8. The highest BCUT2D eigenvalue weighted by atomic mass is 14.2. The van der Waals surface area contributed by atoms with Gasteiger partial charge in [-0.1, -0.05) is 188 Å². The highest BCUT2D eigenvalue weighted by Crippen LogP contribution is 2.45. The van der Waals surface area contributed by atoms with E-state index in [2.05, 4.69) is 218 Å². The SMILES string of the molecule is c1ccc(-c2cccc(-c3cccc(-c4cc(-c5ccccc5)cc5ccc(-c6c7ccccc7c(-c7ccccc7)c7ccccc67)cc45)c3)c2)cc1. The van der Waals surface area contributed by atoms with Gasteiger partial charge < -0.3 is 0 Å². The van der Waals surface area contributed by atoms with E-state index in [0.29, 0.717) is 0 Å². The molecule has 0 aromatic heterocycles. The van der Waals surface area contributed by atoms with E-state index in [4.69, 9.17) is 0 Å². The van der Waals surface area contributed by atoms with Crippen LogP contribution in [0.25, 0.3) is 99.1 Å². The summed E-state index contributed by atoms with van der Waals surface area (Å²) in [6.07, 6.45) is 0. The average Bonchev–Trinajstić information content (AvgIpc) is 3.26. The average molecular weight is 685 g/mol. The molecule has 0 bridgehead atoms. The van der Waals surface area contributed by atoms with Gasteiger partial charge in [-0.15, -0.1) is 0 Å². The fourth-order valence-corrected chi connectivity index (χ4v) is 8.28. The molecule has 0 radical (unpaired) electrons. The lowest BCUT2D eigenvalue weighted by Crippen LogP contribution is -1.92. The Balaban J connectivity index is 1.20. The Labute approximate surface area is 316 Å². The summed E-state index contributed by atoms with van der Waals surface area (Å²) in [6, 6.07) is 79.8. The van der Waals surface area contributed by atoms with E-state index in [-0.39, 0.29) is 0 Å². The van der Waals surface area contributed by atoms with E-state index in [1.165, 1.54) is 99.1 Å². The first-order chi connectivity index (χ1) is 26.8. The summed E-state index contributed by atoms with van der Waals surface area (Å²) in [6.45, 7) is 0. The molecule has 10 aromatic rings. The number of rotatable bonds is 6. The number of fused-ring (bicyclic) bond motifs is 3. The Morgan fingerprint density at radius 2 is 0.593 bits per heavy atom. The van der Waals surface area contributed by atoms with Gasteiger partial charge in [-0.2, -0.15) is 0 Å². The summed E-state index contributed by atoms with van der Waals surface area (Å²) in [4.78, 5) is 0. The van der Waals surface area contributed by atoms with Crippen LogP contribution in [0.4, 0.5) is 0 Å². The number of hydrogen-bond acceptors (Lipinski definition) is 0. The molecule has 0 aliphatic heterocycles. The Morgan fingerprint density at radius 1 is 0.185 bits per heavy atom. The van der Waals surface area contributed by atoms with Crippen LogP contribution in [-0.2, 0) is 0 Å². The van der Waals surface area contributed by atoms with Crippen molar-refractivity contribution in [3.8, 4) is 66.8 Å². The Bertz CT molecular complexity index is 2900. The molecule has 0 heterocycles. The van der Waals surface area contributed by atoms with Crippen molar-refractivity contribution >= 4 is 32.3 Å². The van der Waals surface area contributed by atoms with Gasteiger partial charge in [0.05, 0.1) is 0 Å². The van der Waals surface area contributed by atoms with Crippen LogP contribution in [-0.4, -0.2) is 0 Å². The molecule has 0 saturated carbocycles. The van der Waals surface area contributed by atoms with Gasteiger partial charge in [0, 0.05) is 0 Å². The molecule has 0 atom stereocenters. The zero-order valence-electron chi connectivity index (χ0n) is 29.8. The van der Waals surface area contributed by atoms with E-state index in [1.54, 1.807) is 0 Å². The maximum atomic E-state index is 2.43. The van der Waals surface area contributed by atoms with Gasteiger partial charge in [-0.05, 0) is 129 Å². The first kappa shape index (κ1) is 31.7. The molecule has 252 valence electrons. The predicted molar refractivity (Wildman–Crippen MR) is 232 cm³/mol. The van der Waals surface area contributed by atoms with Gasteiger partial charge in [0.15, 0.2) is 0 Å². The molecule has 0 spiro atoms. The quantitative estimate of drug-likeness (QED) is 0.153. The van der Waals surface area contributed by atoms with Crippen LogP contribution in [0.15, 0.2) is 218 Å². The maximum absolute atomic E-state index is 2.43. The van der Waals surface area contributed by atoms with Crippen LogP contribution < -0.4 is 0 Å². The standard InChI is InChI=1S/C54H36/c1-4-16-37(17-5-1)40-22-14-23-41(32-40)42-24-15-25-43(33-42)52-36-46(38-18-6-2-7-19-38)34-44-30-31-45(35-51(44)52)54-49-28-12-10-26-47(49)53(39-20-8-3-9-21-39)48-27-11-13-29-50(48)54/h1-36H. The van der Waals surface area contributed by atoms with Crippen LogP contribution in [0.1, 0.15) is 0 Å². The van der Waals surface area contributed by atoms with Gasteiger partial charge >= 0.3 is 0 Å². The fourth-order valence-electron chi connectivity index (χ4n) is 8.28. The molecule has 0 amide bonds. The second-order valence-electron chi connectivity index (χ2n) is 14.1. The van der Waals surface area contributed by atoms with Crippen molar-refractivity contribution in [1.82, 2.24) is 0 Å². The molecule has 10 aromatic carbocycles. The smallest absolute Gasteiger partial charge is 0.00261 e. The van der Waals surface area contributed by atoms with Gasteiger partial charge in [-0.3, -0.25) is 0 Å². The molecular formula is C54H36.